The summed E-state index contributed by atoms with van der Waals surface area (Å²) in [4.78, 5) is -0.184. The van der Waals surface area contributed by atoms with Crippen molar-refractivity contribution in [1.82, 2.24) is 0 Å². The molecule has 7 heteroatoms. The molecule has 0 spiro atoms. The van der Waals surface area contributed by atoms with Crippen LogP contribution in [-0.2, 0) is 10.0 Å². The topological polar surface area (TPSA) is 89.6 Å². The van der Waals surface area contributed by atoms with E-state index in [4.69, 9.17) is 9.88 Å². The van der Waals surface area contributed by atoms with E-state index in [1.54, 1.807) is 0 Å². The van der Waals surface area contributed by atoms with Gasteiger partial charge in [-0.15, -0.1) is 0 Å². The number of benzene rings is 1. The summed E-state index contributed by atoms with van der Waals surface area (Å²) in [5.74, 6) is -0.122. The monoisotopic (exact) mass is 281 g/mol. The molecule has 0 aliphatic carbocycles. The van der Waals surface area contributed by atoms with Crippen LogP contribution in [0.3, 0.4) is 0 Å². The fraction of sp³-hybridized carbons (Fsp3) is 0.143. The first-order valence-electron chi connectivity index (χ1n) is 3.46. The van der Waals surface area contributed by atoms with Crippen LogP contribution in [0.4, 0.5) is 0 Å². The summed E-state index contributed by atoms with van der Waals surface area (Å²) in [7, 11) is -2.48. The van der Waals surface area contributed by atoms with E-state index >= 15 is 0 Å². The van der Waals surface area contributed by atoms with Gasteiger partial charge in [-0.2, -0.15) is 0 Å². The first-order chi connectivity index (χ1) is 6.38. The van der Waals surface area contributed by atoms with Gasteiger partial charge in [0.1, 0.15) is 0 Å². The summed E-state index contributed by atoms with van der Waals surface area (Å²) in [6, 6.07) is 2.57. The molecular formula is C7H8BrNO4S. The van der Waals surface area contributed by atoms with Gasteiger partial charge in [-0.25, -0.2) is 13.6 Å². The zero-order valence-corrected chi connectivity index (χ0v) is 9.59. The number of rotatable bonds is 2. The lowest BCUT2D eigenvalue weighted by Crippen LogP contribution is -2.12. The molecule has 0 atom stereocenters. The summed E-state index contributed by atoms with van der Waals surface area (Å²) < 4.78 is 26.8. The summed E-state index contributed by atoms with van der Waals surface area (Å²) in [5, 5.41) is 14.4. The standard InChI is InChI=1S/C7H8BrNO4S/c1-13-4-2-3-5(14(9,11)12)6(8)7(4)10/h2-3,10H,1H3,(H2,9,11,12). The number of primary sulfonamides is 1. The van der Waals surface area contributed by atoms with Crippen molar-refractivity contribution in [1.29, 1.82) is 0 Å². The smallest absolute Gasteiger partial charge is 0.239 e. The first kappa shape index (κ1) is 11.3. The molecule has 1 rings (SSSR count). The van der Waals surface area contributed by atoms with Crippen LogP contribution in [0, 0.1) is 0 Å². The second-order valence-electron chi connectivity index (χ2n) is 2.47. The lowest BCUT2D eigenvalue weighted by molar-refractivity contribution is 0.370. The average Bonchev–Trinajstić information content (AvgIpc) is 2.07. The van der Waals surface area contributed by atoms with Gasteiger partial charge in [-0.05, 0) is 28.1 Å². The molecule has 1 aromatic carbocycles. The quantitative estimate of drug-likeness (QED) is 0.840. The molecule has 5 nitrogen and oxygen atoms in total. The molecule has 3 N–H and O–H groups in total. The Morgan fingerprint density at radius 3 is 2.50 bits per heavy atom. The van der Waals surface area contributed by atoms with Gasteiger partial charge in [0.05, 0.1) is 16.5 Å². The van der Waals surface area contributed by atoms with Crippen LogP contribution in [0.25, 0.3) is 0 Å². The average molecular weight is 282 g/mol. The second-order valence-corrected chi connectivity index (χ2v) is 4.80. The molecular weight excluding hydrogens is 274 g/mol. The van der Waals surface area contributed by atoms with Crippen molar-refractivity contribution in [3.05, 3.63) is 16.6 Å². The molecule has 0 aliphatic rings. The van der Waals surface area contributed by atoms with E-state index in [0.717, 1.165) is 0 Å². The molecule has 1 aromatic rings. The minimum absolute atomic E-state index is 0.000602. The molecule has 0 unspecified atom stereocenters. The minimum Gasteiger partial charge on any atom is -0.503 e. The van der Waals surface area contributed by atoms with E-state index in [2.05, 4.69) is 15.9 Å². The number of phenols is 1. The normalized spacial score (nSPS) is 11.4. The Labute approximate surface area is 89.7 Å². The van der Waals surface area contributed by atoms with Crippen molar-refractivity contribution in [2.75, 3.05) is 7.11 Å². The fourth-order valence-electron chi connectivity index (χ4n) is 0.913. The van der Waals surface area contributed by atoms with Crippen molar-refractivity contribution < 1.29 is 18.3 Å². The molecule has 0 radical (unpaired) electrons. The van der Waals surface area contributed by atoms with Gasteiger partial charge in [0.25, 0.3) is 0 Å². The largest absolute Gasteiger partial charge is 0.503 e. The SMILES string of the molecule is COc1ccc(S(N)(=O)=O)c(Br)c1O. The van der Waals surface area contributed by atoms with Gasteiger partial charge in [-0.1, -0.05) is 0 Å². The third-order valence-electron chi connectivity index (χ3n) is 1.57. The van der Waals surface area contributed by atoms with Crippen molar-refractivity contribution in [2.24, 2.45) is 5.14 Å². The van der Waals surface area contributed by atoms with Gasteiger partial charge >= 0.3 is 0 Å². The van der Waals surface area contributed by atoms with Gasteiger partial charge in [0.15, 0.2) is 11.5 Å². The number of aromatic hydroxyl groups is 1. The Bertz CT molecular complexity index is 457. The molecule has 78 valence electrons. The van der Waals surface area contributed by atoms with Crippen LogP contribution in [0.1, 0.15) is 0 Å². The zero-order chi connectivity index (χ0) is 10.9. The lowest BCUT2D eigenvalue weighted by Gasteiger charge is -2.07. The molecule has 0 aliphatic heterocycles. The fourth-order valence-corrected chi connectivity index (χ4v) is 2.52. The molecule has 14 heavy (non-hydrogen) atoms. The van der Waals surface area contributed by atoms with Crippen LogP contribution in [0.2, 0.25) is 0 Å². The number of sulfonamides is 1. The van der Waals surface area contributed by atoms with E-state index in [-0.39, 0.29) is 20.9 Å². The predicted molar refractivity (Wildman–Crippen MR) is 53.7 cm³/mol. The zero-order valence-electron chi connectivity index (χ0n) is 7.19. The number of nitrogens with two attached hydrogens (primary N) is 1. The van der Waals surface area contributed by atoms with E-state index in [9.17, 15) is 13.5 Å². The second kappa shape index (κ2) is 3.76. The first-order valence-corrected chi connectivity index (χ1v) is 5.80. The lowest BCUT2D eigenvalue weighted by atomic mass is 10.3. The molecule has 0 heterocycles. The van der Waals surface area contributed by atoms with Gasteiger partial charge in [0, 0.05) is 0 Å². The maximum Gasteiger partial charge on any atom is 0.239 e. The third-order valence-corrected chi connectivity index (χ3v) is 3.59. The maximum absolute atomic E-state index is 11.0. The van der Waals surface area contributed by atoms with Crippen LogP contribution in [0.5, 0.6) is 11.5 Å². The highest BCUT2D eigenvalue weighted by Crippen LogP contribution is 2.37. The maximum atomic E-state index is 11.0. The van der Waals surface area contributed by atoms with Crippen molar-refractivity contribution in [3.63, 3.8) is 0 Å². The summed E-state index contributed by atoms with van der Waals surface area (Å²) in [6.07, 6.45) is 0. The van der Waals surface area contributed by atoms with E-state index in [0.29, 0.717) is 0 Å². The third kappa shape index (κ3) is 1.99. The molecule has 0 aromatic heterocycles. The highest BCUT2D eigenvalue weighted by Gasteiger charge is 2.18. The van der Waals surface area contributed by atoms with E-state index in [1.165, 1.54) is 19.2 Å². The summed E-state index contributed by atoms with van der Waals surface area (Å²) >= 11 is 2.92. The molecule has 0 saturated heterocycles. The summed E-state index contributed by atoms with van der Waals surface area (Å²) in [5.41, 5.74) is 0. The number of phenolic OH excluding ortho intramolecular Hbond substituents is 1. The Balaban J connectivity index is 3.47. The molecule has 0 bridgehead atoms. The molecule has 0 fully saturated rings. The van der Waals surface area contributed by atoms with Crippen molar-refractivity contribution in [2.45, 2.75) is 4.90 Å². The Morgan fingerprint density at radius 2 is 2.07 bits per heavy atom. The van der Waals surface area contributed by atoms with E-state index in [1.807, 2.05) is 0 Å². The summed E-state index contributed by atoms with van der Waals surface area (Å²) in [6.45, 7) is 0. The van der Waals surface area contributed by atoms with E-state index < -0.39 is 10.0 Å². The highest BCUT2D eigenvalue weighted by molar-refractivity contribution is 9.10. The Kier molecular flexibility index (Phi) is 3.03. The Hall–Kier alpha value is -0.790. The van der Waals surface area contributed by atoms with Crippen molar-refractivity contribution in [3.8, 4) is 11.5 Å². The number of halogens is 1. The number of ether oxygens (including phenoxy) is 1. The van der Waals surface area contributed by atoms with Crippen molar-refractivity contribution >= 4 is 26.0 Å². The minimum atomic E-state index is -3.84. The van der Waals surface area contributed by atoms with Crippen LogP contribution >= 0.6 is 15.9 Å². The molecule has 0 saturated carbocycles. The van der Waals surface area contributed by atoms with Crippen LogP contribution in [-0.4, -0.2) is 20.6 Å². The van der Waals surface area contributed by atoms with Gasteiger partial charge in [0.2, 0.25) is 10.0 Å². The number of hydrogen-bond donors (Lipinski definition) is 2. The van der Waals surface area contributed by atoms with Gasteiger partial charge in [-0.3, -0.25) is 0 Å². The molecule has 0 amide bonds. The predicted octanol–water partition coefficient (Wildman–Crippen LogP) is 0.811. The Morgan fingerprint density at radius 1 is 1.50 bits per heavy atom. The van der Waals surface area contributed by atoms with Crippen LogP contribution < -0.4 is 9.88 Å². The van der Waals surface area contributed by atoms with Gasteiger partial charge < -0.3 is 9.84 Å². The number of methoxy groups -OCH3 is 1. The number of hydrogen-bond acceptors (Lipinski definition) is 4. The highest BCUT2D eigenvalue weighted by atomic mass is 79.9. The van der Waals surface area contributed by atoms with Crippen LogP contribution in [0.15, 0.2) is 21.5 Å².